The fraction of sp³-hybridized carbons (Fsp3) is 0.0813. The van der Waals surface area contributed by atoms with Crippen molar-refractivity contribution in [3.8, 4) is 0 Å². The van der Waals surface area contributed by atoms with Gasteiger partial charge >= 0.3 is 54.7 Å². The number of esters is 3. The van der Waals surface area contributed by atoms with Gasteiger partial charge in [-0.15, -0.1) is 0 Å². The van der Waals surface area contributed by atoms with Crippen LogP contribution in [0.5, 0.6) is 0 Å². The van der Waals surface area contributed by atoms with Crippen molar-refractivity contribution in [2.24, 2.45) is 0 Å². The van der Waals surface area contributed by atoms with Gasteiger partial charge in [0.1, 0.15) is 29.5 Å². The number of pyridine rings is 4. The molecule has 24 heteroatoms. The molecule has 4 heterocycles. The SMILES string of the molecule is C.C.C.C.C.COC(=O)c1cccc(/C=C/c2cccnc2)c1.COC(=O)c1cccc(CBr)c1.COC(=O)c1cccc(C[P+](c2ccccc2)(c2ccccc2)c2ccccc2)c1.O.O=C(O)c1cccc(/C=C/c2cccnc2)c1.O=C(O)c1cccc(/C=C/c2cccnc2)c1.O=C(O)c1cccc(/C=C\c2cccnc2)c1.O=Cc1ccccc1.[Br-].[Li+].[OH-].c1ccc(P(c2ccccc2)c2ccccc2)cc1. The number of aromatic nitrogens is 4. The zero-order valence-corrected chi connectivity index (χ0v) is 83.2. The molecule has 147 heavy (non-hydrogen) atoms. The van der Waals surface area contributed by atoms with Crippen LogP contribution in [0.4, 0.5) is 0 Å². The minimum Gasteiger partial charge on any atom is -1.00 e. The zero-order chi connectivity index (χ0) is 97.6. The maximum Gasteiger partial charge on any atom is 1.00 e. The third-order valence-electron chi connectivity index (χ3n) is 20.2. The number of hydrogen-bond donors (Lipinski definition) is 3. The first kappa shape index (κ1) is 129. The number of ether oxygens (including phenoxy) is 3. The number of methoxy groups -OCH3 is 3. The second kappa shape index (κ2) is 72.5. The van der Waals surface area contributed by atoms with Crippen molar-refractivity contribution < 1.29 is 110 Å². The second-order valence-corrected chi connectivity index (χ2v) is 36.0. The number of aldehydes is 1. The van der Waals surface area contributed by atoms with E-state index in [2.05, 4.69) is 233 Å². The first-order valence-electron chi connectivity index (χ1n) is 43.4. The fourth-order valence-corrected chi connectivity index (χ4v) is 20.3. The number of hydrogen-bond acceptors (Lipinski definition) is 15. The van der Waals surface area contributed by atoms with Gasteiger partial charge in [-0.3, -0.25) is 24.7 Å². The monoisotopic (exact) mass is 2120 g/mol. The van der Waals surface area contributed by atoms with Crippen LogP contribution in [0, 0.1) is 0 Å². The molecule has 13 aromatic carbocycles. The number of carbonyl (C=O) groups is 7. The third kappa shape index (κ3) is 43.8. The molecule has 4 aromatic heterocycles. The molecule has 0 amide bonds. The summed E-state index contributed by atoms with van der Waals surface area (Å²) in [7, 11) is 1.74. The van der Waals surface area contributed by atoms with Crippen molar-refractivity contribution in [3.63, 3.8) is 0 Å². The Balaban J connectivity index is 0.000000849. The Morgan fingerprint density at radius 1 is 0.293 bits per heavy atom. The molecule has 0 aliphatic rings. The fourth-order valence-electron chi connectivity index (χ4n) is 13.4. The van der Waals surface area contributed by atoms with Crippen LogP contribution in [0.25, 0.3) is 48.6 Å². The van der Waals surface area contributed by atoms with Crippen molar-refractivity contribution in [2.45, 2.75) is 48.6 Å². The van der Waals surface area contributed by atoms with Gasteiger partial charge in [0.25, 0.3) is 0 Å². The Hall–Kier alpha value is -15.8. The Bertz CT molecular complexity index is 6350. The molecule has 0 aliphatic carbocycles. The number of halogens is 2. The smallest absolute Gasteiger partial charge is 1.00 e. The van der Waals surface area contributed by atoms with E-state index in [1.54, 1.807) is 141 Å². The van der Waals surface area contributed by atoms with Crippen molar-refractivity contribution in [1.82, 2.24) is 19.9 Å². The van der Waals surface area contributed by atoms with Gasteiger partial charge in [-0.1, -0.05) is 375 Å². The van der Waals surface area contributed by atoms with Crippen molar-refractivity contribution in [1.29, 1.82) is 0 Å². The molecule has 0 spiro atoms. The normalized spacial score (nSPS) is 9.83. The summed E-state index contributed by atoms with van der Waals surface area (Å²) in [6.07, 6.45) is 30.7. The summed E-state index contributed by atoms with van der Waals surface area (Å²) in [5, 5.41) is 35.5. The summed E-state index contributed by atoms with van der Waals surface area (Å²) in [5.74, 6) is -3.67. The molecule has 17 rings (SSSR count). The molecule has 0 radical (unpaired) electrons. The van der Waals surface area contributed by atoms with E-state index in [0.29, 0.717) is 33.4 Å². The van der Waals surface area contributed by atoms with Crippen molar-refractivity contribution in [2.75, 3.05) is 21.3 Å². The number of rotatable bonds is 24. The average Bonchev–Trinajstić information content (AvgIpc) is 0.758. The Morgan fingerprint density at radius 2 is 0.510 bits per heavy atom. The van der Waals surface area contributed by atoms with E-state index in [1.165, 1.54) is 53.2 Å². The van der Waals surface area contributed by atoms with Crippen LogP contribution in [0.2, 0.25) is 0 Å². The topological polar surface area (TPSA) is 321 Å². The van der Waals surface area contributed by atoms with E-state index in [1.807, 2.05) is 176 Å². The van der Waals surface area contributed by atoms with Crippen LogP contribution >= 0.6 is 31.1 Å². The van der Waals surface area contributed by atoms with Gasteiger partial charge in [-0.05, 0) is 213 Å². The maximum atomic E-state index is 12.1. The van der Waals surface area contributed by atoms with E-state index in [4.69, 9.17) is 20.1 Å². The molecular weight excluding hydrogens is 2000 g/mol. The minimum atomic E-state index is -1.99. The van der Waals surface area contributed by atoms with Gasteiger partial charge in [-0.2, -0.15) is 0 Å². The molecule has 750 valence electrons. The quantitative estimate of drug-likeness (QED) is 0.0126. The van der Waals surface area contributed by atoms with Crippen LogP contribution < -0.4 is 67.7 Å². The van der Waals surface area contributed by atoms with E-state index in [-0.39, 0.29) is 102 Å². The molecule has 17 aromatic rings. The summed E-state index contributed by atoms with van der Waals surface area (Å²) in [4.78, 5) is 93.0. The zero-order valence-electron chi connectivity index (χ0n) is 78.2. The standard InChI is InChI=1S/C27H24O2P.C18H15P.C15H13NO2.3C14H11NO2.C9H9BrO2.C7H6O.5CH4.BrH.Li.2H2O/c1-29-27(28)23-13-11-12-22(20-23)21-30(24-14-5-2-6-15-24,25-16-7-3-8-17-25)26-18-9-4-10-19-26;1-4-10-16(11-5-1)19(17-12-6-2-7-13-17)18-14-8-3-9-15-18;1-18-15(17)14-6-2-4-12(10-14)7-8-13-5-3-9-16-11-13;3*16-14(17)13-5-1-3-11(9-13)6-7-12-4-2-8-15-10-12;1-12-9(11)8-4-2-3-7(5-8)6-10;8-6-7-4-2-1-3-5-7;;;;;;;;;/h2-20H,21H2,1H3;1-15H;2-11H,1H3;3*1-10H,(H,16,17);2-5H,6H2,1H3;1-6H;5*1H4;1H;;2*1H2/q+1;;;;;;;;;;;;;;+1;;/p-2/b;;8-7+;2*7-6+;7-6-;;;;;;;;;;;. The molecule has 0 saturated carbocycles. The van der Waals surface area contributed by atoms with E-state index in [9.17, 15) is 33.6 Å². The third-order valence-corrected chi connectivity index (χ3v) is 27.6. The predicted molar refractivity (Wildman–Crippen MR) is 604 cm³/mol. The van der Waals surface area contributed by atoms with Crippen LogP contribution in [-0.2, 0) is 25.7 Å². The van der Waals surface area contributed by atoms with Gasteiger partial charge in [0, 0.05) is 60.5 Å². The largest absolute Gasteiger partial charge is 1.00 e. The van der Waals surface area contributed by atoms with Gasteiger partial charge in [0.05, 0.1) is 60.9 Å². The van der Waals surface area contributed by atoms with Crippen LogP contribution in [0.15, 0.2) is 456 Å². The molecule has 0 fully saturated rings. The average molecular weight is 2130 g/mol. The van der Waals surface area contributed by atoms with Gasteiger partial charge in [-0.25, -0.2) is 28.8 Å². The number of aromatic carboxylic acids is 3. The number of benzene rings is 13. The molecule has 0 atom stereocenters. The summed E-state index contributed by atoms with van der Waals surface area (Å²) in [5.41, 5.74) is 13.0. The van der Waals surface area contributed by atoms with E-state index >= 15 is 0 Å². The van der Waals surface area contributed by atoms with Gasteiger partial charge < -0.3 is 57.5 Å². The second-order valence-electron chi connectivity index (χ2n) is 29.8. The first-order chi connectivity index (χ1) is 67.4. The molecule has 0 aliphatic heterocycles. The number of nitrogens with zero attached hydrogens (tertiary/aromatic N) is 4. The number of carboxylic acid groups (broad SMARTS) is 3. The maximum absolute atomic E-state index is 12.1. The Morgan fingerprint density at radius 3 is 0.755 bits per heavy atom. The predicted octanol–water partition coefficient (Wildman–Crippen LogP) is 20.4. The summed E-state index contributed by atoms with van der Waals surface area (Å²) in [6, 6.07) is 132. The van der Waals surface area contributed by atoms with Crippen LogP contribution in [0.1, 0.15) is 165 Å². The molecule has 6 N–H and O–H groups in total. The summed E-state index contributed by atoms with van der Waals surface area (Å²) >= 11 is 3.31. The molecular formula is C123H123Br2LiN4O15P2. The number of carbonyl (C=O) groups excluding carboxylic acids is 4. The van der Waals surface area contributed by atoms with E-state index < -0.39 is 33.1 Å². The van der Waals surface area contributed by atoms with E-state index in [0.717, 1.165) is 79.0 Å². The molecule has 0 bridgehead atoms. The van der Waals surface area contributed by atoms with Gasteiger partial charge in [0.2, 0.25) is 0 Å². The van der Waals surface area contributed by atoms with Crippen molar-refractivity contribution in [3.05, 3.63) is 551 Å². The Kier molecular flexibility index (Phi) is 63.7. The van der Waals surface area contributed by atoms with Crippen molar-refractivity contribution >= 4 is 154 Å². The molecule has 0 unspecified atom stereocenters. The van der Waals surface area contributed by atoms with Crippen LogP contribution in [-0.4, -0.2) is 110 Å². The van der Waals surface area contributed by atoms with Crippen LogP contribution in [0.3, 0.4) is 0 Å². The number of carboxylic acids is 3. The summed E-state index contributed by atoms with van der Waals surface area (Å²) in [6.45, 7) is 0. The minimum absolute atomic E-state index is 0. The number of alkyl halides is 1. The molecule has 0 saturated heterocycles. The van der Waals surface area contributed by atoms with Gasteiger partial charge in [0.15, 0.2) is 0 Å². The molecule has 19 nitrogen and oxygen atoms in total. The summed E-state index contributed by atoms with van der Waals surface area (Å²) < 4.78 is 14.2. The first-order valence-corrected chi connectivity index (χ1v) is 47.8. The Labute approximate surface area is 897 Å².